The molecule has 0 spiro atoms. The molecule has 0 atom stereocenters. The molecule has 1 N–H and O–H groups in total. The number of likely N-dealkylation sites (tertiary alicyclic amines) is 1. The van der Waals surface area contributed by atoms with E-state index in [9.17, 15) is 14.0 Å². The second kappa shape index (κ2) is 8.86. The lowest BCUT2D eigenvalue weighted by molar-refractivity contribution is 0.0706. The zero-order valence-electron chi connectivity index (χ0n) is 16.3. The van der Waals surface area contributed by atoms with Crippen molar-refractivity contribution in [1.82, 2.24) is 20.4 Å². The minimum Gasteiger partial charge on any atom is -0.351 e. The fourth-order valence-electron chi connectivity index (χ4n) is 3.54. The largest absolute Gasteiger partial charge is 0.351 e. The predicted molar refractivity (Wildman–Crippen MR) is 106 cm³/mol. The van der Waals surface area contributed by atoms with Gasteiger partial charge in [-0.25, -0.2) is 4.39 Å². The molecule has 2 amide bonds. The second-order valence-corrected chi connectivity index (χ2v) is 7.20. The lowest BCUT2D eigenvalue weighted by Crippen LogP contribution is -2.38. The number of hydrogen-bond donors (Lipinski definition) is 1. The van der Waals surface area contributed by atoms with Crippen LogP contribution in [0.4, 0.5) is 4.39 Å². The molecule has 0 unspecified atom stereocenters. The first-order chi connectivity index (χ1) is 14.6. The second-order valence-electron chi connectivity index (χ2n) is 7.20. The van der Waals surface area contributed by atoms with Gasteiger partial charge in [-0.1, -0.05) is 17.3 Å². The van der Waals surface area contributed by atoms with E-state index in [1.807, 2.05) is 12.1 Å². The number of nitrogens with zero attached hydrogens (tertiary/aromatic N) is 3. The van der Waals surface area contributed by atoms with Crippen LogP contribution in [0.3, 0.4) is 0 Å². The van der Waals surface area contributed by atoms with Crippen LogP contribution in [0.15, 0.2) is 59.4 Å². The van der Waals surface area contributed by atoms with E-state index in [0.717, 1.165) is 5.56 Å². The minimum atomic E-state index is -0.511. The molecule has 3 aromatic rings. The number of carbonyl (C=O) groups is 2. The van der Waals surface area contributed by atoms with E-state index < -0.39 is 5.82 Å². The van der Waals surface area contributed by atoms with E-state index in [4.69, 9.17) is 4.52 Å². The third kappa shape index (κ3) is 4.37. The molecule has 0 aliphatic carbocycles. The van der Waals surface area contributed by atoms with Crippen LogP contribution in [-0.2, 0) is 6.54 Å². The molecule has 2 aromatic heterocycles. The third-order valence-corrected chi connectivity index (χ3v) is 5.26. The number of hydrogen-bond acceptors (Lipinski definition) is 5. The van der Waals surface area contributed by atoms with Crippen molar-refractivity contribution in [2.24, 2.45) is 0 Å². The fraction of sp³-hybridized carbons (Fsp3) is 0.273. The summed E-state index contributed by atoms with van der Waals surface area (Å²) in [7, 11) is 0. The summed E-state index contributed by atoms with van der Waals surface area (Å²) in [6.45, 7) is 1.36. The van der Waals surface area contributed by atoms with Crippen molar-refractivity contribution in [3.63, 3.8) is 0 Å². The molecule has 1 saturated heterocycles. The highest BCUT2D eigenvalue weighted by molar-refractivity contribution is 5.94. The van der Waals surface area contributed by atoms with Crippen molar-refractivity contribution in [2.75, 3.05) is 13.1 Å². The highest BCUT2D eigenvalue weighted by atomic mass is 19.1. The van der Waals surface area contributed by atoms with Crippen molar-refractivity contribution in [3.8, 4) is 0 Å². The number of piperidine rings is 1. The number of benzene rings is 1. The summed E-state index contributed by atoms with van der Waals surface area (Å²) in [6, 6.07) is 11.3. The van der Waals surface area contributed by atoms with Gasteiger partial charge in [0.05, 0.1) is 11.3 Å². The van der Waals surface area contributed by atoms with Gasteiger partial charge in [0.25, 0.3) is 11.8 Å². The molecule has 1 aliphatic rings. The molecule has 1 aliphatic heterocycles. The smallest absolute Gasteiger partial charge is 0.290 e. The Morgan fingerprint density at radius 1 is 1.13 bits per heavy atom. The zero-order chi connectivity index (χ0) is 20.9. The van der Waals surface area contributed by atoms with E-state index in [0.29, 0.717) is 38.2 Å². The van der Waals surface area contributed by atoms with Crippen molar-refractivity contribution in [2.45, 2.75) is 25.3 Å². The highest BCUT2D eigenvalue weighted by Crippen LogP contribution is 2.28. The molecule has 7 nitrogen and oxygen atoms in total. The Morgan fingerprint density at radius 3 is 2.60 bits per heavy atom. The van der Waals surface area contributed by atoms with Gasteiger partial charge in [-0.05, 0) is 42.7 Å². The average molecular weight is 408 g/mol. The van der Waals surface area contributed by atoms with E-state index in [1.54, 1.807) is 35.5 Å². The van der Waals surface area contributed by atoms with Crippen LogP contribution < -0.4 is 5.32 Å². The van der Waals surface area contributed by atoms with Crippen LogP contribution in [0.25, 0.3) is 0 Å². The summed E-state index contributed by atoms with van der Waals surface area (Å²) in [5.41, 5.74) is 1.72. The summed E-state index contributed by atoms with van der Waals surface area (Å²) in [4.78, 5) is 30.4. The van der Waals surface area contributed by atoms with Gasteiger partial charge in [0, 0.05) is 44.0 Å². The molecule has 154 valence electrons. The van der Waals surface area contributed by atoms with Gasteiger partial charge in [0.2, 0.25) is 5.76 Å². The van der Waals surface area contributed by atoms with Gasteiger partial charge in [0.15, 0.2) is 0 Å². The molecular formula is C22H21FN4O3. The normalized spacial score (nSPS) is 14.5. The molecule has 0 radical (unpaired) electrons. The van der Waals surface area contributed by atoms with E-state index in [2.05, 4.69) is 15.5 Å². The number of halogens is 1. The lowest BCUT2D eigenvalue weighted by atomic mass is 9.93. The Kier molecular flexibility index (Phi) is 5.83. The zero-order valence-corrected chi connectivity index (χ0v) is 16.3. The van der Waals surface area contributed by atoms with Gasteiger partial charge < -0.3 is 14.7 Å². The molecule has 3 heterocycles. The van der Waals surface area contributed by atoms with Gasteiger partial charge >= 0.3 is 0 Å². The van der Waals surface area contributed by atoms with Crippen LogP contribution in [-0.4, -0.2) is 39.9 Å². The maximum atomic E-state index is 13.9. The van der Waals surface area contributed by atoms with E-state index in [1.165, 1.54) is 12.1 Å². The highest BCUT2D eigenvalue weighted by Gasteiger charge is 2.28. The first-order valence-electron chi connectivity index (χ1n) is 9.79. The molecule has 0 bridgehead atoms. The summed E-state index contributed by atoms with van der Waals surface area (Å²) in [5, 5.41) is 6.84. The standard InChI is InChI=1S/C22H21FN4O3/c23-18-4-2-1-3-17(18)22(29)27-11-7-16(8-12-27)19-13-20(30-26-19)21(28)25-14-15-5-9-24-10-6-15/h1-6,9-10,13,16H,7-8,11-12,14H2,(H,25,28). The molecule has 1 fully saturated rings. The quantitative estimate of drug-likeness (QED) is 0.701. The van der Waals surface area contributed by atoms with Crippen LogP contribution in [0.5, 0.6) is 0 Å². The topological polar surface area (TPSA) is 88.3 Å². The molecule has 1 aromatic carbocycles. The van der Waals surface area contributed by atoms with Crippen LogP contribution in [0, 0.1) is 5.82 Å². The minimum absolute atomic E-state index is 0.0835. The fourth-order valence-corrected chi connectivity index (χ4v) is 3.54. The Morgan fingerprint density at radius 2 is 1.87 bits per heavy atom. The van der Waals surface area contributed by atoms with Gasteiger partial charge in [-0.2, -0.15) is 0 Å². The number of amides is 2. The summed E-state index contributed by atoms with van der Waals surface area (Å²) < 4.78 is 19.1. The van der Waals surface area contributed by atoms with Gasteiger partial charge in [-0.3, -0.25) is 14.6 Å². The Labute approximate surface area is 172 Å². The van der Waals surface area contributed by atoms with Gasteiger partial charge in [0.1, 0.15) is 5.82 Å². The first-order valence-corrected chi connectivity index (χ1v) is 9.79. The summed E-state index contributed by atoms with van der Waals surface area (Å²) in [5.74, 6) is -0.909. The van der Waals surface area contributed by atoms with Crippen LogP contribution >= 0.6 is 0 Å². The number of pyridine rings is 1. The third-order valence-electron chi connectivity index (χ3n) is 5.26. The molecule has 0 saturated carbocycles. The van der Waals surface area contributed by atoms with Crippen molar-refractivity contribution >= 4 is 11.8 Å². The van der Waals surface area contributed by atoms with Gasteiger partial charge in [-0.15, -0.1) is 0 Å². The number of nitrogens with one attached hydrogen (secondary N) is 1. The van der Waals surface area contributed by atoms with Crippen molar-refractivity contribution in [1.29, 1.82) is 0 Å². The SMILES string of the molecule is O=C(NCc1ccncc1)c1cc(C2CCN(C(=O)c3ccccc3F)CC2)no1. The Bertz CT molecular complexity index is 1030. The van der Waals surface area contributed by atoms with Crippen molar-refractivity contribution < 1.29 is 18.5 Å². The van der Waals surface area contributed by atoms with Crippen LogP contribution in [0.2, 0.25) is 0 Å². The Hall–Kier alpha value is -3.55. The number of rotatable bonds is 5. The van der Waals surface area contributed by atoms with Crippen molar-refractivity contribution in [3.05, 3.63) is 83.3 Å². The Balaban J connectivity index is 1.32. The predicted octanol–water partition coefficient (Wildman–Crippen LogP) is 3.16. The molecular weight excluding hydrogens is 387 g/mol. The van der Waals surface area contributed by atoms with Crippen LogP contribution in [0.1, 0.15) is 50.9 Å². The maximum Gasteiger partial charge on any atom is 0.290 e. The average Bonchev–Trinajstić information content (AvgIpc) is 3.29. The van der Waals surface area contributed by atoms with E-state index in [-0.39, 0.29) is 29.1 Å². The summed E-state index contributed by atoms with van der Waals surface area (Å²) in [6.07, 6.45) is 4.67. The lowest BCUT2D eigenvalue weighted by Gasteiger charge is -2.31. The monoisotopic (exact) mass is 408 g/mol. The first kappa shape index (κ1) is 19.8. The molecule has 8 heteroatoms. The molecule has 4 rings (SSSR count). The summed E-state index contributed by atoms with van der Waals surface area (Å²) >= 11 is 0. The number of carbonyl (C=O) groups excluding carboxylic acids is 2. The maximum absolute atomic E-state index is 13.9. The number of aromatic nitrogens is 2. The molecule has 30 heavy (non-hydrogen) atoms. The van der Waals surface area contributed by atoms with E-state index >= 15 is 0 Å².